The first-order valence-electron chi connectivity index (χ1n) is 7.32. The monoisotopic (exact) mass is 264 g/mol. The van der Waals surface area contributed by atoms with Gasteiger partial charge in [0, 0.05) is 0 Å². The van der Waals surface area contributed by atoms with Crippen molar-refractivity contribution in [3.63, 3.8) is 0 Å². The first-order chi connectivity index (χ1) is 9.29. The van der Waals surface area contributed by atoms with Gasteiger partial charge in [-0.15, -0.1) is 0 Å². The highest BCUT2D eigenvalue weighted by Crippen LogP contribution is 2.23. The molecule has 1 aromatic rings. The molecule has 1 saturated carbocycles. The summed E-state index contributed by atoms with van der Waals surface area (Å²) >= 11 is 0. The van der Waals surface area contributed by atoms with Crippen molar-refractivity contribution < 1.29 is 14.6 Å². The highest BCUT2D eigenvalue weighted by Gasteiger charge is 2.17. The molecule has 0 radical (unpaired) electrons. The molecule has 1 aromatic carbocycles. The van der Waals surface area contributed by atoms with Gasteiger partial charge in [-0.25, -0.2) is 0 Å². The normalized spacial score (nSPS) is 17.6. The number of hydrogen-bond donors (Lipinski definition) is 1. The molecule has 2 rings (SSSR count). The number of rotatable bonds is 7. The van der Waals surface area contributed by atoms with Gasteiger partial charge in [0.15, 0.2) is 0 Å². The van der Waals surface area contributed by atoms with Crippen molar-refractivity contribution in [3.05, 3.63) is 29.8 Å². The van der Waals surface area contributed by atoms with E-state index in [9.17, 15) is 5.11 Å². The van der Waals surface area contributed by atoms with E-state index < -0.39 is 6.10 Å². The van der Waals surface area contributed by atoms with Crippen LogP contribution in [-0.4, -0.2) is 24.4 Å². The molecule has 0 aliphatic heterocycles. The molecule has 0 bridgehead atoms. The first kappa shape index (κ1) is 14.4. The molecule has 0 heterocycles. The second kappa shape index (κ2) is 7.51. The number of aliphatic hydroxyl groups is 1. The van der Waals surface area contributed by atoms with Gasteiger partial charge in [0.05, 0.1) is 19.3 Å². The predicted octanol–water partition coefficient (Wildman–Crippen LogP) is 3.47. The fourth-order valence-electron chi connectivity index (χ4n) is 2.38. The number of hydrogen-bond acceptors (Lipinski definition) is 3. The summed E-state index contributed by atoms with van der Waals surface area (Å²) in [6, 6.07) is 7.63. The predicted molar refractivity (Wildman–Crippen MR) is 75.4 cm³/mol. The van der Waals surface area contributed by atoms with Gasteiger partial charge >= 0.3 is 0 Å². The van der Waals surface area contributed by atoms with Crippen molar-refractivity contribution in [1.29, 1.82) is 0 Å². The maximum Gasteiger partial charge on any atom is 0.119 e. The van der Waals surface area contributed by atoms with Crippen LogP contribution in [0.15, 0.2) is 24.3 Å². The maximum absolute atomic E-state index is 10.1. The molecule has 1 atom stereocenters. The van der Waals surface area contributed by atoms with E-state index in [-0.39, 0.29) is 0 Å². The lowest BCUT2D eigenvalue weighted by atomic mass is 10.1. The minimum Gasteiger partial charge on any atom is -0.494 e. The van der Waals surface area contributed by atoms with Gasteiger partial charge in [-0.05, 0) is 37.0 Å². The summed E-state index contributed by atoms with van der Waals surface area (Å²) < 4.78 is 11.3. The lowest BCUT2D eigenvalue weighted by Gasteiger charge is -2.16. The lowest BCUT2D eigenvalue weighted by Crippen LogP contribution is -2.14. The van der Waals surface area contributed by atoms with Crippen molar-refractivity contribution >= 4 is 0 Å². The average Bonchev–Trinajstić information content (AvgIpc) is 2.96. The van der Waals surface area contributed by atoms with Crippen molar-refractivity contribution in [2.24, 2.45) is 0 Å². The Morgan fingerprint density at radius 1 is 1.21 bits per heavy atom. The molecule has 0 aromatic heterocycles. The van der Waals surface area contributed by atoms with Gasteiger partial charge in [0.1, 0.15) is 11.9 Å². The third-order valence-electron chi connectivity index (χ3n) is 3.53. The summed E-state index contributed by atoms with van der Waals surface area (Å²) in [7, 11) is 0. The quantitative estimate of drug-likeness (QED) is 0.819. The van der Waals surface area contributed by atoms with Gasteiger partial charge in [-0.2, -0.15) is 0 Å². The highest BCUT2D eigenvalue weighted by atomic mass is 16.5. The molecule has 3 nitrogen and oxygen atoms in total. The van der Waals surface area contributed by atoms with Crippen LogP contribution in [-0.2, 0) is 4.74 Å². The van der Waals surface area contributed by atoms with Crippen molar-refractivity contribution in [2.75, 3.05) is 13.2 Å². The molecule has 0 saturated heterocycles. The Kier molecular flexibility index (Phi) is 5.67. The minimum atomic E-state index is -0.541. The van der Waals surface area contributed by atoms with E-state index in [1.165, 1.54) is 12.8 Å². The molecule has 1 unspecified atom stereocenters. The van der Waals surface area contributed by atoms with E-state index in [1.54, 1.807) is 0 Å². The molecular weight excluding hydrogens is 240 g/mol. The van der Waals surface area contributed by atoms with Gasteiger partial charge in [0.2, 0.25) is 0 Å². The Hall–Kier alpha value is -1.06. The van der Waals surface area contributed by atoms with E-state index in [0.29, 0.717) is 12.7 Å². The van der Waals surface area contributed by atoms with Crippen LogP contribution in [0.3, 0.4) is 0 Å². The van der Waals surface area contributed by atoms with E-state index in [4.69, 9.17) is 9.47 Å². The van der Waals surface area contributed by atoms with E-state index in [1.807, 2.05) is 24.3 Å². The number of aliphatic hydroxyl groups excluding tert-OH is 1. The molecule has 0 amide bonds. The van der Waals surface area contributed by atoms with Crippen molar-refractivity contribution in [1.82, 2.24) is 0 Å². The molecule has 106 valence electrons. The Labute approximate surface area is 115 Å². The Morgan fingerprint density at radius 3 is 2.53 bits per heavy atom. The van der Waals surface area contributed by atoms with E-state index >= 15 is 0 Å². The minimum absolute atomic E-state index is 0.349. The lowest BCUT2D eigenvalue weighted by molar-refractivity contribution is -0.00700. The SMILES string of the molecule is CCCOc1ccc(C(O)COC2CCCC2)cc1. The van der Waals surface area contributed by atoms with Crippen LogP contribution in [0.5, 0.6) is 5.75 Å². The molecule has 1 aliphatic carbocycles. The smallest absolute Gasteiger partial charge is 0.119 e. The molecule has 1 aliphatic rings. The number of ether oxygens (including phenoxy) is 2. The topological polar surface area (TPSA) is 38.7 Å². The Balaban J connectivity index is 1.79. The summed E-state index contributed by atoms with van der Waals surface area (Å²) in [6.45, 7) is 3.20. The van der Waals surface area contributed by atoms with Crippen LogP contribution in [0, 0.1) is 0 Å². The van der Waals surface area contributed by atoms with Crippen LogP contribution in [0.1, 0.15) is 50.7 Å². The molecule has 19 heavy (non-hydrogen) atoms. The Bertz CT molecular complexity index is 355. The van der Waals surface area contributed by atoms with Gasteiger partial charge < -0.3 is 14.6 Å². The summed E-state index contributed by atoms with van der Waals surface area (Å²) in [6.07, 6.45) is 5.59. The highest BCUT2D eigenvalue weighted by molar-refractivity contribution is 5.28. The van der Waals surface area contributed by atoms with Gasteiger partial charge in [-0.3, -0.25) is 0 Å². The largest absolute Gasteiger partial charge is 0.494 e. The van der Waals surface area contributed by atoms with E-state index in [0.717, 1.165) is 37.2 Å². The van der Waals surface area contributed by atoms with Crippen molar-refractivity contribution in [2.45, 2.75) is 51.2 Å². The summed E-state index contributed by atoms with van der Waals surface area (Å²) in [4.78, 5) is 0. The second-order valence-corrected chi connectivity index (χ2v) is 5.17. The van der Waals surface area contributed by atoms with Gasteiger partial charge in [-0.1, -0.05) is 31.9 Å². The standard InChI is InChI=1S/C16H24O3/c1-2-11-18-15-9-7-13(8-10-15)16(17)12-19-14-5-3-4-6-14/h7-10,14,16-17H,2-6,11-12H2,1H3. The van der Waals surface area contributed by atoms with Gasteiger partial charge in [0.25, 0.3) is 0 Å². The molecule has 1 N–H and O–H groups in total. The summed E-state index contributed by atoms with van der Waals surface area (Å²) in [5.41, 5.74) is 0.891. The zero-order valence-electron chi connectivity index (χ0n) is 11.7. The maximum atomic E-state index is 10.1. The molecular formula is C16H24O3. The van der Waals surface area contributed by atoms with Crippen LogP contribution >= 0.6 is 0 Å². The Morgan fingerprint density at radius 2 is 1.89 bits per heavy atom. The van der Waals surface area contributed by atoms with Crippen LogP contribution in [0.2, 0.25) is 0 Å². The first-order valence-corrected chi connectivity index (χ1v) is 7.32. The third kappa shape index (κ3) is 4.51. The van der Waals surface area contributed by atoms with Crippen molar-refractivity contribution in [3.8, 4) is 5.75 Å². The van der Waals surface area contributed by atoms with Crippen LogP contribution in [0.4, 0.5) is 0 Å². The zero-order valence-corrected chi connectivity index (χ0v) is 11.7. The number of benzene rings is 1. The van der Waals surface area contributed by atoms with Crippen LogP contribution in [0.25, 0.3) is 0 Å². The fraction of sp³-hybridized carbons (Fsp3) is 0.625. The van der Waals surface area contributed by atoms with Crippen LogP contribution < -0.4 is 4.74 Å². The molecule has 1 fully saturated rings. The molecule has 0 spiro atoms. The van der Waals surface area contributed by atoms with E-state index in [2.05, 4.69) is 6.92 Å². The average molecular weight is 264 g/mol. The fourth-order valence-corrected chi connectivity index (χ4v) is 2.38. The second-order valence-electron chi connectivity index (χ2n) is 5.17. The summed E-state index contributed by atoms with van der Waals surface area (Å²) in [5.74, 6) is 0.856. The third-order valence-corrected chi connectivity index (χ3v) is 3.53. The summed E-state index contributed by atoms with van der Waals surface area (Å²) in [5, 5.41) is 10.1. The zero-order chi connectivity index (χ0) is 13.5. The molecule has 3 heteroatoms.